The second-order valence-electron chi connectivity index (χ2n) is 3.97. The number of allylic oxidation sites excluding steroid dienone is 1. The van der Waals surface area contributed by atoms with E-state index in [-0.39, 0.29) is 11.5 Å². The highest BCUT2D eigenvalue weighted by atomic mass is 32.2. The van der Waals surface area contributed by atoms with Crippen LogP contribution in [0.25, 0.3) is 5.69 Å². The molecule has 0 radical (unpaired) electrons. The summed E-state index contributed by atoms with van der Waals surface area (Å²) in [5.41, 5.74) is 0.740. The first-order chi connectivity index (χ1) is 9.12. The van der Waals surface area contributed by atoms with E-state index in [1.54, 1.807) is 19.1 Å². The highest BCUT2D eigenvalue weighted by molar-refractivity contribution is 7.90. The largest absolute Gasteiger partial charge is 0.228 e. The topological polar surface area (TPSA) is 77.7 Å². The minimum Gasteiger partial charge on any atom is -0.228 e. The molecule has 19 heavy (non-hydrogen) atoms. The zero-order valence-corrected chi connectivity index (χ0v) is 11.3. The Kier molecular flexibility index (Phi) is 4.06. The van der Waals surface area contributed by atoms with Gasteiger partial charge in [-0.15, -0.1) is 5.10 Å². The predicted octanol–water partition coefficient (Wildman–Crippen LogP) is 1.15. The lowest BCUT2D eigenvalue weighted by molar-refractivity contribution is 0.595. The molecule has 6 nitrogen and oxygen atoms in total. The molecule has 0 atom stereocenters. The van der Waals surface area contributed by atoms with Crippen LogP contribution in [0.5, 0.6) is 0 Å². The van der Waals surface area contributed by atoms with Crippen LogP contribution in [0.2, 0.25) is 0 Å². The van der Waals surface area contributed by atoms with Gasteiger partial charge in [-0.05, 0) is 29.5 Å². The smallest absolute Gasteiger partial charge is 0.171 e. The van der Waals surface area contributed by atoms with E-state index >= 15 is 0 Å². The number of tetrazole rings is 1. The molecule has 0 aliphatic carbocycles. The lowest BCUT2D eigenvalue weighted by atomic mass is 10.3. The molecular formula is C12H14N4O2S. The molecule has 7 heteroatoms. The fourth-order valence-corrected chi connectivity index (χ4v) is 2.74. The molecule has 2 aromatic rings. The van der Waals surface area contributed by atoms with Gasteiger partial charge in [0.2, 0.25) is 0 Å². The van der Waals surface area contributed by atoms with E-state index < -0.39 is 9.84 Å². The van der Waals surface area contributed by atoms with Gasteiger partial charge in [-0.25, -0.2) is 8.42 Å². The molecule has 1 aromatic carbocycles. The normalized spacial score (nSPS) is 12.1. The minimum absolute atomic E-state index is 0.00878. The third-order valence-corrected chi connectivity index (χ3v) is 3.87. The van der Waals surface area contributed by atoms with Crippen LogP contribution in [0.15, 0.2) is 42.5 Å². The molecule has 0 N–H and O–H groups in total. The van der Waals surface area contributed by atoms with Crippen LogP contribution in [-0.4, -0.2) is 34.4 Å². The van der Waals surface area contributed by atoms with E-state index in [1.165, 1.54) is 4.68 Å². The Bertz CT molecular complexity index is 662. The summed E-state index contributed by atoms with van der Waals surface area (Å²) in [5, 5.41) is 11.2. The number of rotatable bonds is 5. The maximum atomic E-state index is 11.9. The molecule has 0 aliphatic heterocycles. The molecule has 100 valence electrons. The third kappa shape index (κ3) is 3.47. The summed E-state index contributed by atoms with van der Waals surface area (Å²) in [5.74, 6) is 0.125. The predicted molar refractivity (Wildman–Crippen MR) is 71.5 cm³/mol. The fourth-order valence-electron chi connectivity index (χ4n) is 1.56. The van der Waals surface area contributed by atoms with Crippen molar-refractivity contribution in [1.82, 2.24) is 20.2 Å². The number of nitrogens with zero attached hydrogens (tertiary/aromatic N) is 4. The SMILES string of the molecule is C/C=C/CS(=O)(=O)Cc1nnnn1-c1ccccc1. The van der Waals surface area contributed by atoms with Gasteiger partial charge in [0.25, 0.3) is 0 Å². The monoisotopic (exact) mass is 278 g/mol. The van der Waals surface area contributed by atoms with Gasteiger partial charge in [0.15, 0.2) is 15.7 Å². The maximum Gasteiger partial charge on any atom is 0.171 e. The molecule has 0 unspecified atom stereocenters. The summed E-state index contributed by atoms with van der Waals surface area (Å²) in [6.45, 7) is 1.78. The Hall–Kier alpha value is -2.02. The van der Waals surface area contributed by atoms with Crippen LogP contribution < -0.4 is 0 Å². The van der Waals surface area contributed by atoms with Crippen molar-refractivity contribution >= 4 is 9.84 Å². The number of aromatic nitrogens is 4. The fraction of sp³-hybridized carbons (Fsp3) is 0.250. The first kappa shape index (κ1) is 13.4. The van der Waals surface area contributed by atoms with Crippen LogP contribution in [0.3, 0.4) is 0 Å². The summed E-state index contributed by atoms with van der Waals surface area (Å²) >= 11 is 0. The van der Waals surface area contributed by atoms with Gasteiger partial charge in [-0.2, -0.15) is 4.68 Å². The molecule has 2 rings (SSSR count). The Labute approximate surface area is 111 Å². The molecule has 0 saturated carbocycles. The van der Waals surface area contributed by atoms with Crippen LogP contribution in [0, 0.1) is 0 Å². The van der Waals surface area contributed by atoms with E-state index in [4.69, 9.17) is 0 Å². The number of benzene rings is 1. The van der Waals surface area contributed by atoms with Gasteiger partial charge in [-0.3, -0.25) is 0 Å². The quantitative estimate of drug-likeness (QED) is 0.767. The van der Waals surface area contributed by atoms with Gasteiger partial charge in [0.05, 0.1) is 11.4 Å². The Morgan fingerprint density at radius 1 is 1.26 bits per heavy atom. The van der Waals surface area contributed by atoms with Crippen molar-refractivity contribution in [3.63, 3.8) is 0 Å². The van der Waals surface area contributed by atoms with Crippen LogP contribution in [0.4, 0.5) is 0 Å². The zero-order valence-electron chi connectivity index (χ0n) is 10.5. The van der Waals surface area contributed by atoms with Crippen molar-refractivity contribution in [2.24, 2.45) is 0 Å². The molecule has 1 aromatic heterocycles. The summed E-state index contributed by atoms with van der Waals surface area (Å²) < 4.78 is 25.2. The highest BCUT2D eigenvalue weighted by Crippen LogP contribution is 2.10. The molecule has 0 bridgehead atoms. The van der Waals surface area contributed by atoms with Crippen molar-refractivity contribution in [2.75, 3.05) is 5.75 Å². The highest BCUT2D eigenvalue weighted by Gasteiger charge is 2.16. The Morgan fingerprint density at radius 2 is 2.00 bits per heavy atom. The molecule has 1 heterocycles. The van der Waals surface area contributed by atoms with Crippen molar-refractivity contribution in [2.45, 2.75) is 12.7 Å². The first-order valence-electron chi connectivity index (χ1n) is 5.76. The third-order valence-electron chi connectivity index (χ3n) is 2.47. The molecule has 0 amide bonds. The lowest BCUT2D eigenvalue weighted by Gasteiger charge is -2.04. The molecular weight excluding hydrogens is 264 g/mol. The van der Waals surface area contributed by atoms with Gasteiger partial charge >= 0.3 is 0 Å². The number of hydrogen-bond donors (Lipinski definition) is 0. The number of hydrogen-bond acceptors (Lipinski definition) is 5. The molecule has 0 saturated heterocycles. The molecule has 0 aliphatic rings. The standard InChI is InChI=1S/C12H14N4O2S/c1-2-3-9-19(17,18)10-12-13-14-15-16(12)11-7-5-4-6-8-11/h2-8H,9-10H2,1H3/b3-2+. The van der Waals surface area contributed by atoms with Crippen LogP contribution in [0.1, 0.15) is 12.7 Å². The second kappa shape index (κ2) is 5.75. The Balaban J connectivity index is 2.26. The molecule has 0 fully saturated rings. The zero-order chi connectivity index (χ0) is 13.7. The summed E-state index contributed by atoms with van der Waals surface area (Å²) in [6, 6.07) is 9.19. The summed E-state index contributed by atoms with van der Waals surface area (Å²) in [4.78, 5) is 0. The average Bonchev–Trinajstić information content (AvgIpc) is 2.85. The average molecular weight is 278 g/mol. The second-order valence-corrected chi connectivity index (χ2v) is 6.08. The summed E-state index contributed by atoms with van der Waals surface area (Å²) in [6.07, 6.45) is 3.31. The van der Waals surface area contributed by atoms with E-state index in [2.05, 4.69) is 15.5 Å². The van der Waals surface area contributed by atoms with Gasteiger partial charge in [-0.1, -0.05) is 30.4 Å². The van der Waals surface area contributed by atoms with Crippen molar-refractivity contribution in [3.05, 3.63) is 48.3 Å². The van der Waals surface area contributed by atoms with Gasteiger partial charge in [0, 0.05) is 0 Å². The maximum absolute atomic E-state index is 11.9. The van der Waals surface area contributed by atoms with Crippen molar-refractivity contribution in [1.29, 1.82) is 0 Å². The number of sulfone groups is 1. The van der Waals surface area contributed by atoms with Gasteiger partial charge in [0.1, 0.15) is 5.75 Å². The Morgan fingerprint density at radius 3 is 2.68 bits per heavy atom. The van der Waals surface area contributed by atoms with E-state index in [0.717, 1.165) is 5.69 Å². The van der Waals surface area contributed by atoms with E-state index in [1.807, 2.05) is 30.3 Å². The van der Waals surface area contributed by atoms with Crippen molar-refractivity contribution in [3.8, 4) is 5.69 Å². The minimum atomic E-state index is -3.25. The van der Waals surface area contributed by atoms with E-state index in [9.17, 15) is 8.42 Å². The lowest BCUT2D eigenvalue weighted by Crippen LogP contribution is -2.12. The van der Waals surface area contributed by atoms with Crippen LogP contribution in [-0.2, 0) is 15.6 Å². The van der Waals surface area contributed by atoms with E-state index in [0.29, 0.717) is 5.82 Å². The van der Waals surface area contributed by atoms with Crippen LogP contribution >= 0.6 is 0 Å². The number of para-hydroxylation sites is 1. The summed E-state index contributed by atoms with van der Waals surface area (Å²) in [7, 11) is -3.25. The first-order valence-corrected chi connectivity index (χ1v) is 7.59. The van der Waals surface area contributed by atoms with Crippen molar-refractivity contribution < 1.29 is 8.42 Å². The molecule has 0 spiro atoms. The van der Waals surface area contributed by atoms with Gasteiger partial charge < -0.3 is 0 Å².